The SMILES string of the molecule is COc1cc(/C=N\NC(=O)C2CCCCC2)ccc1OC(=O)c1sc2ccccc2c1Cl. The minimum Gasteiger partial charge on any atom is -0.493 e. The molecular weight excluding hydrogens is 448 g/mol. The average Bonchev–Trinajstić information content (AvgIpc) is 3.17. The quantitative estimate of drug-likeness (QED) is 0.213. The van der Waals surface area contributed by atoms with Gasteiger partial charge in [0, 0.05) is 16.0 Å². The normalized spacial score (nSPS) is 14.6. The van der Waals surface area contributed by atoms with E-state index in [0.29, 0.717) is 21.2 Å². The van der Waals surface area contributed by atoms with Crippen molar-refractivity contribution in [3.8, 4) is 11.5 Å². The van der Waals surface area contributed by atoms with E-state index >= 15 is 0 Å². The minimum atomic E-state index is -0.546. The molecule has 0 radical (unpaired) electrons. The Balaban J connectivity index is 1.44. The van der Waals surface area contributed by atoms with E-state index in [2.05, 4.69) is 10.5 Å². The molecular formula is C24H23ClN2O4S. The van der Waals surface area contributed by atoms with Gasteiger partial charge in [-0.05, 0) is 42.7 Å². The van der Waals surface area contributed by atoms with E-state index in [1.54, 1.807) is 18.2 Å². The molecule has 0 atom stereocenters. The summed E-state index contributed by atoms with van der Waals surface area (Å²) in [7, 11) is 1.49. The van der Waals surface area contributed by atoms with Crippen molar-refractivity contribution >= 4 is 51.1 Å². The fraction of sp³-hybridized carbons (Fsp3) is 0.292. The molecule has 1 aromatic heterocycles. The van der Waals surface area contributed by atoms with Crippen LogP contribution in [0.1, 0.15) is 47.3 Å². The van der Waals surface area contributed by atoms with Gasteiger partial charge in [0.15, 0.2) is 11.5 Å². The number of hydrogen-bond acceptors (Lipinski definition) is 6. The maximum atomic E-state index is 12.7. The molecule has 1 aliphatic carbocycles. The number of benzene rings is 2. The van der Waals surface area contributed by atoms with Crippen molar-refractivity contribution in [2.75, 3.05) is 7.11 Å². The third kappa shape index (κ3) is 4.95. The first-order valence-electron chi connectivity index (χ1n) is 10.5. The fourth-order valence-electron chi connectivity index (χ4n) is 3.77. The molecule has 8 heteroatoms. The molecule has 0 aliphatic heterocycles. The molecule has 1 aliphatic rings. The van der Waals surface area contributed by atoms with Crippen LogP contribution < -0.4 is 14.9 Å². The number of nitrogens with one attached hydrogen (secondary N) is 1. The van der Waals surface area contributed by atoms with Crippen molar-refractivity contribution in [3.05, 3.63) is 57.9 Å². The van der Waals surface area contributed by atoms with Gasteiger partial charge in [-0.1, -0.05) is 49.1 Å². The average molecular weight is 471 g/mol. The molecule has 0 bridgehead atoms. The van der Waals surface area contributed by atoms with Crippen molar-refractivity contribution in [3.63, 3.8) is 0 Å². The van der Waals surface area contributed by atoms with Gasteiger partial charge in [-0.2, -0.15) is 5.10 Å². The summed E-state index contributed by atoms with van der Waals surface area (Å²) >= 11 is 7.67. The second kappa shape index (κ2) is 10.1. The predicted molar refractivity (Wildman–Crippen MR) is 127 cm³/mol. The first kappa shape index (κ1) is 22.3. The van der Waals surface area contributed by atoms with Gasteiger partial charge in [-0.15, -0.1) is 11.3 Å². The van der Waals surface area contributed by atoms with Crippen molar-refractivity contribution in [2.45, 2.75) is 32.1 Å². The molecule has 6 nitrogen and oxygen atoms in total. The second-order valence-electron chi connectivity index (χ2n) is 7.61. The van der Waals surface area contributed by atoms with E-state index < -0.39 is 5.97 Å². The Bertz CT molecular complexity index is 1170. The highest BCUT2D eigenvalue weighted by molar-refractivity contribution is 7.21. The number of nitrogens with zero attached hydrogens (tertiary/aromatic N) is 1. The summed E-state index contributed by atoms with van der Waals surface area (Å²) in [6.45, 7) is 0. The van der Waals surface area contributed by atoms with E-state index in [1.807, 2.05) is 24.3 Å². The molecule has 3 aromatic rings. The highest BCUT2D eigenvalue weighted by Gasteiger charge is 2.21. The van der Waals surface area contributed by atoms with Gasteiger partial charge in [0.05, 0.1) is 18.3 Å². The van der Waals surface area contributed by atoms with E-state index in [4.69, 9.17) is 21.1 Å². The summed E-state index contributed by atoms with van der Waals surface area (Å²) in [6, 6.07) is 12.6. The summed E-state index contributed by atoms with van der Waals surface area (Å²) < 4.78 is 11.9. The van der Waals surface area contributed by atoms with Crippen LogP contribution in [0.4, 0.5) is 0 Å². The molecule has 0 unspecified atom stereocenters. The largest absolute Gasteiger partial charge is 0.493 e. The van der Waals surface area contributed by atoms with Gasteiger partial charge in [0.2, 0.25) is 5.91 Å². The minimum absolute atomic E-state index is 0.0398. The van der Waals surface area contributed by atoms with Gasteiger partial charge in [0.25, 0.3) is 0 Å². The molecule has 0 spiro atoms. The molecule has 166 valence electrons. The van der Waals surface area contributed by atoms with Crippen molar-refractivity contribution in [1.82, 2.24) is 5.43 Å². The molecule has 0 saturated heterocycles. The Kier molecular flexibility index (Phi) is 7.07. The Morgan fingerprint density at radius 1 is 1.12 bits per heavy atom. The van der Waals surface area contributed by atoms with Crippen LogP contribution in [0.25, 0.3) is 10.1 Å². The lowest BCUT2D eigenvalue weighted by molar-refractivity contribution is -0.125. The third-order valence-corrected chi connectivity index (χ3v) is 7.13. The van der Waals surface area contributed by atoms with E-state index in [9.17, 15) is 9.59 Å². The van der Waals surface area contributed by atoms with Gasteiger partial charge < -0.3 is 9.47 Å². The number of halogens is 1. The molecule has 1 saturated carbocycles. The number of hydrazone groups is 1. The van der Waals surface area contributed by atoms with Gasteiger partial charge in [-0.3, -0.25) is 4.79 Å². The van der Waals surface area contributed by atoms with Crippen LogP contribution in [-0.4, -0.2) is 25.2 Å². The maximum Gasteiger partial charge on any atom is 0.355 e. The number of fused-ring (bicyclic) bond motifs is 1. The molecule has 1 fully saturated rings. The van der Waals surface area contributed by atoms with E-state index in [0.717, 1.165) is 35.8 Å². The second-order valence-corrected chi connectivity index (χ2v) is 9.04. The van der Waals surface area contributed by atoms with Gasteiger partial charge >= 0.3 is 5.97 Å². The Hall–Kier alpha value is -2.90. The number of carbonyl (C=O) groups is 2. The molecule has 2 aromatic carbocycles. The van der Waals surface area contributed by atoms with Crippen LogP contribution in [0.3, 0.4) is 0 Å². The van der Waals surface area contributed by atoms with Gasteiger partial charge in [0.1, 0.15) is 4.88 Å². The standard InChI is InChI=1S/C24H23ClN2O4S/c1-30-19-13-15(14-26-27-23(28)16-7-3-2-4-8-16)11-12-18(19)31-24(29)22-21(25)17-9-5-6-10-20(17)32-22/h5-6,9-14,16H,2-4,7-8H2,1H3,(H,27,28)/b26-14-. The van der Waals surface area contributed by atoms with Crippen LogP contribution in [0.2, 0.25) is 5.02 Å². The highest BCUT2D eigenvalue weighted by atomic mass is 35.5. The lowest BCUT2D eigenvalue weighted by atomic mass is 9.89. The monoisotopic (exact) mass is 470 g/mol. The summed E-state index contributed by atoms with van der Waals surface area (Å²) in [5, 5.41) is 5.26. The number of methoxy groups -OCH3 is 1. The summed E-state index contributed by atoms with van der Waals surface area (Å²) in [6.07, 6.45) is 6.74. The van der Waals surface area contributed by atoms with Crippen molar-refractivity contribution in [1.29, 1.82) is 0 Å². The number of thiophene rings is 1. The zero-order chi connectivity index (χ0) is 22.5. The summed E-state index contributed by atoms with van der Waals surface area (Å²) in [4.78, 5) is 25.3. The highest BCUT2D eigenvalue weighted by Crippen LogP contribution is 2.37. The zero-order valence-corrected chi connectivity index (χ0v) is 19.2. The van der Waals surface area contributed by atoms with Crippen LogP contribution in [-0.2, 0) is 4.79 Å². The number of amides is 1. The lowest BCUT2D eigenvalue weighted by Gasteiger charge is -2.19. The van der Waals surface area contributed by atoms with Crippen LogP contribution in [0.5, 0.6) is 11.5 Å². The number of ether oxygens (including phenoxy) is 2. The van der Waals surface area contributed by atoms with Crippen molar-refractivity contribution < 1.29 is 19.1 Å². The number of carbonyl (C=O) groups excluding carboxylic acids is 2. The van der Waals surface area contributed by atoms with Crippen LogP contribution in [0, 0.1) is 5.92 Å². The maximum absolute atomic E-state index is 12.7. The van der Waals surface area contributed by atoms with E-state index in [-0.39, 0.29) is 17.6 Å². The molecule has 1 N–H and O–H groups in total. The Morgan fingerprint density at radius 3 is 2.66 bits per heavy atom. The molecule has 32 heavy (non-hydrogen) atoms. The number of hydrogen-bond donors (Lipinski definition) is 1. The fourth-order valence-corrected chi connectivity index (χ4v) is 5.15. The summed E-state index contributed by atoms with van der Waals surface area (Å²) in [5.74, 6) is 0.0971. The Labute approximate surface area is 195 Å². The number of rotatable bonds is 6. The lowest BCUT2D eigenvalue weighted by Crippen LogP contribution is -2.28. The smallest absolute Gasteiger partial charge is 0.355 e. The molecule has 1 amide bonds. The zero-order valence-electron chi connectivity index (χ0n) is 17.6. The number of esters is 1. The molecule has 1 heterocycles. The van der Waals surface area contributed by atoms with Gasteiger partial charge in [-0.25, -0.2) is 10.2 Å². The summed E-state index contributed by atoms with van der Waals surface area (Å²) in [5.41, 5.74) is 3.32. The topological polar surface area (TPSA) is 77.0 Å². The Morgan fingerprint density at radius 2 is 1.91 bits per heavy atom. The van der Waals surface area contributed by atoms with E-state index in [1.165, 1.54) is 31.1 Å². The molecule has 4 rings (SSSR count). The first-order valence-corrected chi connectivity index (χ1v) is 11.7. The predicted octanol–water partition coefficient (Wildman–Crippen LogP) is 5.81. The first-order chi connectivity index (χ1) is 15.6. The van der Waals surface area contributed by atoms with Crippen LogP contribution >= 0.6 is 22.9 Å². The third-order valence-electron chi connectivity index (χ3n) is 5.47. The van der Waals surface area contributed by atoms with Crippen molar-refractivity contribution in [2.24, 2.45) is 11.0 Å². The van der Waals surface area contributed by atoms with Crippen LogP contribution in [0.15, 0.2) is 47.6 Å².